The highest BCUT2D eigenvalue weighted by Crippen LogP contribution is 2.18. The molecule has 0 bridgehead atoms. The lowest BCUT2D eigenvalue weighted by atomic mass is 10.0. The Morgan fingerprint density at radius 2 is 1.84 bits per heavy atom. The number of likely N-dealkylation sites (N-methyl/N-ethyl adjacent to an activating group) is 1. The Labute approximate surface area is 204 Å². The highest BCUT2D eigenvalue weighted by Gasteiger charge is 2.24. The van der Waals surface area contributed by atoms with Crippen LogP contribution in [0.1, 0.15) is 19.4 Å². The summed E-state index contributed by atoms with van der Waals surface area (Å²) in [6.07, 6.45) is 1.89. The quantitative estimate of drug-likeness (QED) is 0.306. The van der Waals surface area contributed by atoms with E-state index in [0.29, 0.717) is 18.5 Å². The third kappa shape index (κ3) is 7.73. The summed E-state index contributed by atoms with van der Waals surface area (Å²) in [6.45, 7) is 14.0. The molecule has 2 N–H and O–H groups in total. The van der Waals surface area contributed by atoms with E-state index in [2.05, 4.69) is 62.3 Å². The number of halogens is 1. The molecule has 3 rings (SSSR count). The average Bonchev–Trinajstić information content (AvgIpc) is 2.77. The Kier molecular flexibility index (Phi) is 11.3. The molecule has 2 aliphatic rings. The maximum absolute atomic E-state index is 5.52. The van der Waals surface area contributed by atoms with E-state index in [0.717, 1.165) is 70.8 Å². The molecule has 8 nitrogen and oxygen atoms in total. The first kappa shape index (κ1) is 26.1. The number of hydrogen-bond acceptors (Lipinski definition) is 6. The van der Waals surface area contributed by atoms with Gasteiger partial charge in [-0.2, -0.15) is 0 Å². The minimum absolute atomic E-state index is 0. The second kappa shape index (κ2) is 13.4. The standard InChI is InChI=1S/C22H39N7O.HI/c1-18(2)20(28-12-14-30-15-13-28)17-26-22(23-3)25-16-19-6-5-7-24-21(19)29-10-8-27(4)9-11-29;/h5-7,18,20H,8-17H2,1-4H3,(H2,23,25,26);1H. The van der Waals surface area contributed by atoms with Crippen molar-refractivity contribution in [1.29, 1.82) is 0 Å². The van der Waals surface area contributed by atoms with Crippen molar-refractivity contribution < 1.29 is 4.74 Å². The van der Waals surface area contributed by atoms with Crippen LogP contribution in [0, 0.1) is 5.92 Å². The fourth-order valence-electron chi connectivity index (χ4n) is 4.17. The van der Waals surface area contributed by atoms with Crippen LogP contribution in [-0.2, 0) is 11.3 Å². The van der Waals surface area contributed by atoms with Crippen LogP contribution in [0.3, 0.4) is 0 Å². The predicted molar refractivity (Wildman–Crippen MR) is 139 cm³/mol. The van der Waals surface area contributed by atoms with Crippen LogP contribution in [0.15, 0.2) is 23.3 Å². The molecule has 0 aliphatic carbocycles. The molecule has 0 aromatic carbocycles. The predicted octanol–water partition coefficient (Wildman–Crippen LogP) is 1.47. The lowest BCUT2D eigenvalue weighted by Gasteiger charge is -2.37. The molecule has 0 amide bonds. The van der Waals surface area contributed by atoms with E-state index >= 15 is 0 Å². The van der Waals surface area contributed by atoms with Gasteiger partial charge in [-0.15, -0.1) is 24.0 Å². The first-order valence-corrected chi connectivity index (χ1v) is 11.2. The highest BCUT2D eigenvalue weighted by molar-refractivity contribution is 14.0. The first-order chi connectivity index (χ1) is 14.6. The van der Waals surface area contributed by atoms with Gasteiger partial charge < -0.3 is 25.2 Å². The number of nitrogens with one attached hydrogen (secondary N) is 2. The number of rotatable bonds is 7. The summed E-state index contributed by atoms with van der Waals surface area (Å²) < 4.78 is 5.52. The van der Waals surface area contributed by atoms with E-state index in [1.54, 1.807) is 0 Å². The number of anilines is 1. The van der Waals surface area contributed by atoms with Gasteiger partial charge in [-0.05, 0) is 19.0 Å². The lowest BCUT2D eigenvalue weighted by molar-refractivity contribution is 0.00752. The Hall–Kier alpha value is -1.17. The SMILES string of the molecule is CN=C(NCc1cccnc1N1CCN(C)CC1)NCC(C(C)C)N1CCOCC1.I. The molecule has 2 aliphatic heterocycles. The van der Waals surface area contributed by atoms with Crippen molar-refractivity contribution >= 4 is 35.8 Å². The fraction of sp³-hybridized carbons (Fsp3) is 0.727. The molecule has 2 fully saturated rings. The van der Waals surface area contributed by atoms with Gasteiger partial charge in [0, 0.05) is 77.2 Å². The topological polar surface area (TPSA) is 68.3 Å². The summed E-state index contributed by atoms with van der Waals surface area (Å²) in [5.41, 5.74) is 1.21. The molecule has 1 aromatic rings. The number of aliphatic imine (C=N–C) groups is 1. The van der Waals surface area contributed by atoms with Gasteiger partial charge in [0.25, 0.3) is 0 Å². The van der Waals surface area contributed by atoms with Crippen LogP contribution in [0.5, 0.6) is 0 Å². The van der Waals surface area contributed by atoms with Gasteiger partial charge in [-0.1, -0.05) is 19.9 Å². The number of ether oxygens (including phenoxy) is 1. The molecular formula is C22H40IN7O. The van der Waals surface area contributed by atoms with E-state index in [9.17, 15) is 0 Å². The summed E-state index contributed by atoms with van der Waals surface area (Å²) in [5, 5.41) is 7.03. The summed E-state index contributed by atoms with van der Waals surface area (Å²) in [5.74, 6) is 2.49. The summed E-state index contributed by atoms with van der Waals surface area (Å²) >= 11 is 0. The van der Waals surface area contributed by atoms with Crippen LogP contribution >= 0.6 is 24.0 Å². The first-order valence-electron chi connectivity index (χ1n) is 11.2. The number of pyridine rings is 1. The molecule has 0 spiro atoms. The zero-order valence-electron chi connectivity index (χ0n) is 19.5. The number of hydrogen-bond donors (Lipinski definition) is 2. The molecular weight excluding hydrogens is 505 g/mol. The van der Waals surface area contributed by atoms with Crippen molar-refractivity contribution in [3.05, 3.63) is 23.9 Å². The Morgan fingerprint density at radius 1 is 1.13 bits per heavy atom. The van der Waals surface area contributed by atoms with E-state index in [1.165, 1.54) is 5.56 Å². The summed E-state index contributed by atoms with van der Waals surface area (Å²) in [4.78, 5) is 16.4. The van der Waals surface area contributed by atoms with E-state index in [1.807, 2.05) is 19.3 Å². The largest absolute Gasteiger partial charge is 0.379 e. The van der Waals surface area contributed by atoms with Gasteiger partial charge in [0.15, 0.2) is 5.96 Å². The molecule has 1 unspecified atom stereocenters. The zero-order chi connectivity index (χ0) is 21.3. The third-order valence-corrected chi connectivity index (χ3v) is 6.10. The monoisotopic (exact) mass is 545 g/mol. The van der Waals surface area contributed by atoms with Crippen molar-refractivity contribution in [3.8, 4) is 0 Å². The van der Waals surface area contributed by atoms with Crippen molar-refractivity contribution in [1.82, 2.24) is 25.4 Å². The van der Waals surface area contributed by atoms with Crippen LogP contribution < -0.4 is 15.5 Å². The molecule has 3 heterocycles. The highest BCUT2D eigenvalue weighted by atomic mass is 127. The maximum atomic E-state index is 5.52. The lowest BCUT2D eigenvalue weighted by Crippen LogP contribution is -2.52. The number of piperazine rings is 1. The second-order valence-corrected chi connectivity index (χ2v) is 8.54. The van der Waals surface area contributed by atoms with E-state index < -0.39 is 0 Å². The van der Waals surface area contributed by atoms with Crippen LogP contribution in [0.4, 0.5) is 5.82 Å². The molecule has 1 aromatic heterocycles. The number of guanidine groups is 1. The Bertz CT molecular complexity index is 674. The normalized spacial score (nSPS) is 19.8. The van der Waals surface area contributed by atoms with Crippen molar-refractivity contribution in [2.75, 3.05) is 78.0 Å². The van der Waals surface area contributed by atoms with Crippen LogP contribution in [0.2, 0.25) is 0 Å². The van der Waals surface area contributed by atoms with Crippen molar-refractivity contribution in [2.24, 2.45) is 10.9 Å². The van der Waals surface area contributed by atoms with Gasteiger partial charge >= 0.3 is 0 Å². The van der Waals surface area contributed by atoms with Gasteiger partial charge in [-0.3, -0.25) is 9.89 Å². The summed E-state index contributed by atoms with van der Waals surface area (Å²) in [7, 11) is 4.01. The van der Waals surface area contributed by atoms with Crippen molar-refractivity contribution in [3.63, 3.8) is 0 Å². The fourth-order valence-corrected chi connectivity index (χ4v) is 4.17. The van der Waals surface area contributed by atoms with E-state index in [-0.39, 0.29) is 24.0 Å². The number of nitrogens with zero attached hydrogens (tertiary/aromatic N) is 5. The number of aromatic nitrogens is 1. The van der Waals surface area contributed by atoms with Crippen LogP contribution in [0.25, 0.3) is 0 Å². The summed E-state index contributed by atoms with van der Waals surface area (Å²) in [6, 6.07) is 4.64. The molecule has 9 heteroatoms. The Balaban J connectivity index is 0.00000341. The minimum atomic E-state index is 0. The maximum Gasteiger partial charge on any atom is 0.191 e. The zero-order valence-corrected chi connectivity index (χ0v) is 21.8. The van der Waals surface area contributed by atoms with Gasteiger partial charge in [0.05, 0.1) is 13.2 Å². The van der Waals surface area contributed by atoms with Gasteiger partial charge in [0.1, 0.15) is 5.82 Å². The smallest absolute Gasteiger partial charge is 0.191 e. The third-order valence-electron chi connectivity index (χ3n) is 6.10. The molecule has 176 valence electrons. The molecule has 0 radical (unpaired) electrons. The minimum Gasteiger partial charge on any atom is -0.379 e. The number of morpholine rings is 1. The molecule has 0 saturated carbocycles. The molecule has 31 heavy (non-hydrogen) atoms. The molecule has 2 saturated heterocycles. The van der Waals surface area contributed by atoms with Gasteiger partial charge in [0.2, 0.25) is 0 Å². The molecule has 1 atom stereocenters. The van der Waals surface area contributed by atoms with Crippen molar-refractivity contribution in [2.45, 2.75) is 26.4 Å². The second-order valence-electron chi connectivity index (χ2n) is 8.54. The van der Waals surface area contributed by atoms with E-state index in [4.69, 9.17) is 4.74 Å². The van der Waals surface area contributed by atoms with Crippen LogP contribution in [-0.4, -0.2) is 99.9 Å². The Morgan fingerprint density at radius 3 is 2.48 bits per heavy atom. The van der Waals surface area contributed by atoms with Gasteiger partial charge in [-0.25, -0.2) is 4.98 Å². The average molecular weight is 546 g/mol.